The molecule has 0 aliphatic heterocycles. The third-order valence-electron chi connectivity index (χ3n) is 2.21. The standard InChI is InChI=1S/C11H14N4O/c1-3-5-13-11-14-10(15-16-11)9-4-6-12-7-8(9)2/h4,6-7H,3,5H2,1-2H3,(H,13,14,15). The Labute approximate surface area is 93.9 Å². The Bertz CT molecular complexity index is 467. The van der Waals surface area contributed by atoms with Gasteiger partial charge in [-0.05, 0) is 25.0 Å². The molecule has 2 aromatic heterocycles. The molecule has 0 fully saturated rings. The van der Waals surface area contributed by atoms with E-state index >= 15 is 0 Å². The van der Waals surface area contributed by atoms with E-state index in [-0.39, 0.29) is 0 Å². The first-order valence-corrected chi connectivity index (χ1v) is 5.30. The summed E-state index contributed by atoms with van der Waals surface area (Å²) in [7, 11) is 0. The first kappa shape index (κ1) is 10.6. The fourth-order valence-corrected chi connectivity index (χ4v) is 1.36. The maximum atomic E-state index is 5.08. The van der Waals surface area contributed by atoms with E-state index in [0.717, 1.165) is 24.1 Å². The third-order valence-corrected chi connectivity index (χ3v) is 2.21. The summed E-state index contributed by atoms with van der Waals surface area (Å²) in [6.07, 6.45) is 4.52. The molecule has 2 rings (SSSR count). The second kappa shape index (κ2) is 4.74. The number of rotatable bonds is 4. The molecule has 0 saturated carbocycles. The number of aromatic nitrogens is 3. The summed E-state index contributed by atoms with van der Waals surface area (Å²) in [5.41, 5.74) is 1.98. The van der Waals surface area contributed by atoms with E-state index in [1.165, 1.54) is 0 Å². The summed E-state index contributed by atoms with van der Waals surface area (Å²) >= 11 is 0. The molecular formula is C11H14N4O. The number of anilines is 1. The van der Waals surface area contributed by atoms with Gasteiger partial charge in [0.2, 0.25) is 5.82 Å². The highest BCUT2D eigenvalue weighted by atomic mass is 16.5. The molecule has 5 heteroatoms. The minimum Gasteiger partial charge on any atom is -0.338 e. The van der Waals surface area contributed by atoms with Crippen molar-refractivity contribution in [2.24, 2.45) is 0 Å². The van der Waals surface area contributed by atoms with Gasteiger partial charge in [-0.15, -0.1) is 0 Å². The molecule has 0 bridgehead atoms. The number of hydrogen-bond donors (Lipinski definition) is 1. The molecule has 0 aliphatic rings. The van der Waals surface area contributed by atoms with Crippen LogP contribution in [0.1, 0.15) is 18.9 Å². The van der Waals surface area contributed by atoms with Crippen molar-refractivity contribution < 1.29 is 4.52 Å². The van der Waals surface area contributed by atoms with E-state index in [0.29, 0.717) is 11.8 Å². The fourth-order valence-electron chi connectivity index (χ4n) is 1.36. The van der Waals surface area contributed by atoms with E-state index in [1.807, 2.05) is 13.0 Å². The van der Waals surface area contributed by atoms with Crippen LogP contribution < -0.4 is 5.32 Å². The molecule has 5 nitrogen and oxygen atoms in total. The Morgan fingerprint density at radius 1 is 1.44 bits per heavy atom. The van der Waals surface area contributed by atoms with Crippen LogP contribution in [-0.2, 0) is 0 Å². The summed E-state index contributed by atoms with van der Waals surface area (Å²) in [4.78, 5) is 8.29. The molecular weight excluding hydrogens is 204 g/mol. The summed E-state index contributed by atoms with van der Waals surface area (Å²) < 4.78 is 5.08. The van der Waals surface area contributed by atoms with Crippen molar-refractivity contribution in [3.05, 3.63) is 24.0 Å². The molecule has 0 amide bonds. The molecule has 0 atom stereocenters. The van der Waals surface area contributed by atoms with E-state index < -0.39 is 0 Å². The zero-order valence-electron chi connectivity index (χ0n) is 9.40. The van der Waals surface area contributed by atoms with Gasteiger partial charge in [0.05, 0.1) is 0 Å². The predicted molar refractivity (Wildman–Crippen MR) is 61.0 cm³/mol. The Hall–Kier alpha value is -1.91. The van der Waals surface area contributed by atoms with Crippen LogP contribution in [0.3, 0.4) is 0 Å². The van der Waals surface area contributed by atoms with E-state index in [1.54, 1.807) is 12.4 Å². The average molecular weight is 218 g/mol. The molecule has 0 aromatic carbocycles. The van der Waals surface area contributed by atoms with Gasteiger partial charge in [0.25, 0.3) is 0 Å². The normalized spacial score (nSPS) is 10.4. The molecule has 0 spiro atoms. The molecule has 1 N–H and O–H groups in total. The average Bonchev–Trinajstić information content (AvgIpc) is 2.75. The zero-order valence-corrected chi connectivity index (χ0v) is 9.40. The third kappa shape index (κ3) is 2.18. The summed E-state index contributed by atoms with van der Waals surface area (Å²) in [6.45, 7) is 4.88. The molecule has 2 heterocycles. The number of hydrogen-bond acceptors (Lipinski definition) is 5. The SMILES string of the molecule is CCCNc1nc(-c2ccncc2C)no1. The van der Waals surface area contributed by atoms with Crippen molar-refractivity contribution in [1.29, 1.82) is 0 Å². The maximum absolute atomic E-state index is 5.08. The second-order valence-electron chi connectivity index (χ2n) is 3.54. The minimum absolute atomic E-state index is 0.466. The molecule has 0 unspecified atom stereocenters. The van der Waals surface area contributed by atoms with E-state index in [9.17, 15) is 0 Å². The van der Waals surface area contributed by atoms with Gasteiger partial charge < -0.3 is 9.84 Å². The maximum Gasteiger partial charge on any atom is 0.321 e. The number of aryl methyl sites for hydroxylation is 1. The predicted octanol–water partition coefficient (Wildman–Crippen LogP) is 2.26. The lowest BCUT2D eigenvalue weighted by Crippen LogP contribution is -1.99. The first-order valence-electron chi connectivity index (χ1n) is 5.30. The monoisotopic (exact) mass is 218 g/mol. The Morgan fingerprint density at radius 2 is 2.31 bits per heavy atom. The second-order valence-corrected chi connectivity index (χ2v) is 3.54. The lowest BCUT2D eigenvalue weighted by Gasteiger charge is -1.97. The van der Waals surface area contributed by atoms with Crippen LogP contribution in [0.2, 0.25) is 0 Å². The zero-order chi connectivity index (χ0) is 11.4. The van der Waals surface area contributed by atoms with Gasteiger partial charge in [0.1, 0.15) is 0 Å². The van der Waals surface area contributed by atoms with Gasteiger partial charge in [0, 0.05) is 24.5 Å². The molecule has 16 heavy (non-hydrogen) atoms. The number of nitrogens with one attached hydrogen (secondary N) is 1. The van der Waals surface area contributed by atoms with Crippen molar-refractivity contribution >= 4 is 6.01 Å². The lowest BCUT2D eigenvalue weighted by atomic mass is 10.1. The largest absolute Gasteiger partial charge is 0.338 e. The van der Waals surface area contributed by atoms with Gasteiger partial charge in [-0.1, -0.05) is 12.1 Å². The molecule has 2 aromatic rings. The number of nitrogens with zero attached hydrogens (tertiary/aromatic N) is 3. The highest BCUT2D eigenvalue weighted by molar-refractivity contribution is 5.58. The molecule has 0 saturated heterocycles. The quantitative estimate of drug-likeness (QED) is 0.852. The Balaban J connectivity index is 2.22. The van der Waals surface area contributed by atoms with E-state index in [2.05, 4.69) is 27.4 Å². The van der Waals surface area contributed by atoms with Crippen molar-refractivity contribution in [2.45, 2.75) is 20.3 Å². The summed E-state index contributed by atoms with van der Waals surface area (Å²) in [5, 5.41) is 6.97. The lowest BCUT2D eigenvalue weighted by molar-refractivity contribution is 0.432. The van der Waals surface area contributed by atoms with E-state index in [4.69, 9.17) is 4.52 Å². The van der Waals surface area contributed by atoms with Gasteiger partial charge in [-0.3, -0.25) is 4.98 Å². The summed E-state index contributed by atoms with van der Waals surface area (Å²) in [6, 6.07) is 2.34. The number of pyridine rings is 1. The van der Waals surface area contributed by atoms with Gasteiger partial charge in [-0.25, -0.2) is 0 Å². The molecule has 0 radical (unpaired) electrons. The minimum atomic E-state index is 0.466. The van der Waals surface area contributed by atoms with Crippen LogP contribution in [0.4, 0.5) is 6.01 Å². The topological polar surface area (TPSA) is 63.8 Å². The van der Waals surface area contributed by atoms with Gasteiger partial charge >= 0.3 is 6.01 Å². The molecule has 84 valence electrons. The fraction of sp³-hybridized carbons (Fsp3) is 0.364. The summed E-state index contributed by atoms with van der Waals surface area (Å²) in [5.74, 6) is 0.596. The van der Waals surface area contributed by atoms with Crippen molar-refractivity contribution in [1.82, 2.24) is 15.1 Å². The van der Waals surface area contributed by atoms with Crippen LogP contribution in [-0.4, -0.2) is 21.7 Å². The molecule has 0 aliphatic carbocycles. The van der Waals surface area contributed by atoms with Crippen LogP contribution in [0.5, 0.6) is 0 Å². The van der Waals surface area contributed by atoms with Crippen LogP contribution in [0, 0.1) is 6.92 Å². The highest BCUT2D eigenvalue weighted by Crippen LogP contribution is 2.20. The van der Waals surface area contributed by atoms with Crippen LogP contribution in [0.15, 0.2) is 23.0 Å². The smallest absolute Gasteiger partial charge is 0.321 e. The Kier molecular flexibility index (Phi) is 3.14. The Morgan fingerprint density at radius 3 is 3.06 bits per heavy atom. The van der Waals surface area contributed by atoms with Crippen molar-refractivity contribution in [3.8, 4) is 11.4 Å². The van der Waals surface area contributed by atoms with Gasteiger partial charge in [0.15, 0.2) is 0 Å². The van der Waals surface area contributed by atoms with Crippen molar-refractivity contribution in [3.63, 3.8) is 0 Å². The highest BCUT2D eigenvalue weighted by Gasteiger charge is 2.09. The first-order chi connectivity index (χ1) is 7.81. The van der Waals surface area contributed by atoms with Gasteiger partial charge in [-0.2, -0.15) is 4.98 Å². The van der Waals surface area contributed by atoms with Crippen LogP contribution in [0.25, 0.3) is 11.4 Å². The van der Waals surface area contributed by atoms with Crippen molar-refractivity contribution in [2.75, 3.05) is 11.9 Å². The van der Waals surface area contributed by atoms with Crippen LogP contribution >= 0.6 is 0 Å².